The number of fused-ring (bicyclic) bond motifs is 1. The first-order chi connectivity index (χ1) is 12.6. The van der Waals surface area contributed by atoms with E-state index in [0.29, 0.717) is 32.6 Å². The number of ether oxygens (including phenoxy) is 1. The van der Waals surface area contributed by atoms with Crippen LogP contribution in [0.5, 0.6) is 0 Å². The molecule has 3 fully saturated rings. The fraction of sp³-hybridized carbons (Fsp3) is 0.500. The summed E-state index contributed by atoms with van der Waals surface area (Å²) in [4.78, 5) is 28.0. The first kappa shape index (κ1) is 17.6. The molecule has 0 saturated carbocycles. The Morgan fingerprint density at radius 2 is 2.00 bits per heavy atom. The average Bonchev–Trinajstić information content (AvgIpc) is 2.61. The summed E-state index contributed by atoms with van der Waals surface area (Å²) >= 11 is 3.50. The highest BCUT2D eigenvalue weighted by Crippen LogP contribution is 2.28. The van der Waals surface area contributed by atoms with Crippen LogP contribution in [-0.4, -0.2) is 60.5 Å². The van der Waals surface area contributed by atoms with Gasteiger partial charge < -0.3 is 14.5 Å². The van der Waals surface area contributed by atoms with Gasteiger partial charge in [-0.3, -0.25) is 4.79 Å². The van der Waals surface area contributed by atoms with Crippen molar-refractivity contribution in [3.8, 4) is 11.8 Å². The van der Waals surface area contributed by atoms with E-state index in [1.807, 2.05) is 34.1 Å². The van der Waals surface area contributed by atoms with Crippen molar-refractivity contribution in [1.82, 2.24) is 9.80 Å². The first-order valence-corrected chi connectivity index (χ1v) is 9.82. The molecule has 4 rings (SSSR count). The van der Waals surface area contributed by atoms with Gasteiger partial charge in [0.15, 0.2) is 5.78 Å². The molecule has 0 unspecified atom stereocenters. The fourth-order valence-corrected chi connectivity index (χ4v) is 4.20. The van der Waals surface area contributed by atoms with Gasteiger partial charge in [-0.25, -0.2) is 4.79 Å². The number of halogens is 1. The maximum absolute atomic E-state index is 12.7. The number of nitrogens with zero attached hydrogens (tertiary/aromatic N) is 2. The zero-order valence-electron chi connectivity index (χ0n) is 14.5. The second kappa shape index (κ2) is 7.42. The van der Waals surface area contributed by atoms with Gasteiger partial charge in [-0.1, -0.05) is 24.0 Å². The Morgan fingerprint density at radius 3 is 2.81 bits per heavy atom. The van der Waals surface area contributed by atoms with Gasteiger partial charge in [0.25, 0.3) is 0 Å². The highest BCUT2D eigenvalue weighted by Gasteiger charge is 2.39. The van der Waals surface area contributed by atoms with Crippen LogP contribution >= 0.6 is 15.9 Å². The molecule has 1 aromatic rings. The molecule has 0 aliphatic carbocycles. The second-order valence-corrected chi connectivity index (χ2v) is 8.08. The van der Waals surface area contributed by atoms with Gasteiger partial charge in [-0.15, -0.1) is 0 Å². The summed E-state index contributed by atoms with van der Waals surface area (Å²) in [7, 11) is 0. The van der Waals surface area contributed by atoms with E-state index in [0.717, 1.165) is 16.5 Å². The molecule has 0 N–H and O–H groups in total. The van der Waals surface area contributed by atoms with E-state index in [1.54, 1.807) is 0 Å². The van der Waals surface area contributed by atoms with Gasteiger partial charge in [0.2, 0.25) is 0 Å². The molecule has 0 aromatic heterocycles. The van der Waals surface area contributed by atoms with E-state index in [-0.39, 0.29) is 36.4 Å². The van der Waals surface area contributed by atoms with Crippen LogP contribution < -0.4 is 0 Å². The summed E-state index contributed by atoms with van der Waals surface area (Å²) in [5.74, 6) is 6.98. The lowest BCUT2D eigenvalue weighted by molar-refractivity contribution is -0.140. The number of carbonyl (C=O) groups excluding carboxylic acids is 2. The molecule has 0 spiro atoms. The van der Waals surface area contributed by atoms with Crippen LogP contribution in [0.3, 0.4) is 0 Å². The molecule has 2 amide bonds. The van der Waals surface area contributed by atoms with Gasteiger partial charge in [0.05, 0.1) is 12.0 Å². The monoisotopic (exact) mass is 416 g/mol. The maximum atomic E-state index is 12.7. The Kier molecular flexibility index (Phi) is 5.01. The van der Waals surface area contributed by atoms with E-state index in [9.17, 15) is 9.59 Å². The lowest BCUT2D eigenvalue weighted by Gasteiger charge is -2.45. The smallest absolute Gasteiger partial charge is 0.320 e. The van der Waals surface area contributed by atoms with Crippen LogP contribution in [0.15, 0.2) is 28.7 Å². The number of Topliss-reactive ketones (excluding diaryl/α,β-unsaturated/α-hetero) is 1. The number of amides is 2. The third-order valence-electron chi connectivity index (χ3n) is 5.32. The Morgan fingerprint density at radius 1 is 1.19 bits per heavy atom. The lowest BCUT2D eigenvalue weighted by Crippen LogP contribution is -2.58. The van der Waals surface area contributed by atoms with Crippen molar-refractivity contribution < 1.29 is 14.3 Å². The molecule has 26 heavy (non-hydrogen) atoms. The third-order valence-corrected chi connectivity index (χ3v) is 6.01. The van der Waals surface area contributed by atoms with Crippen LogP contribution in [0.1, 0.15) is 18.4 Å². The number of carbonyl (C=O) groups is 2. The number of urea groups is 1. The molecule has 3 heterocycles. The maximum Gasteiger partial charge on any atom is 0.320 e. The molecule has 0 bridgehead atoms. The Hall–Kier alpha value is -1.84. The Balaban J connectivity index is 1.30. The number of hydrogen-bond donors (Lipinski definition) is 0. The number of piperidine rings is 1. The molecule has 6 heteroatoms. The van der Waals surface area contributed by atoms with Crippen LogP contribution in [0.4, 0.5) is 4.79 Å². The second-order valence-electron chi connectivity index (χ2n) is 7.22. The Bertz CT molecular complexity index is 779. The van der Waals surface area contributed by atoms with E-state index in [1.165, 1.54) is 0 Å². The zero-order valence-corrected chi connectivity index (χ0v) is 16.1. The predicted molar refractivity (Wildman–Crippen MR) is 101 cm³/mol. The number of ketones is 1. The first-order valence-electron chi connectivity index (χ1n) is 9.03. The largest absolute Gasteiger partial charge is 0.370 e. The van der Waals surface area contributed by atoms with Gasteiger partial charge in [0, 0.05) is 48.6 Å². The molecule has 1 aromatic carbocycles. The summed E-state index contributed by atoms with van der Waals surface area (Å²) in [5.41, 5.74) is 0.973. The molecule has 3 aliphatic heterocycles. The van der Waals surface area contributed by atoms with E-state index < -0.39 is 0 Å². The molecule has 5 nitrogen and oxygen atoms in total. The quantitative estimate of drug-likeness (QED) is 0.610. The minimum atomic E-state index is 0.0698. The van der Waals surface area contributed by atoms with E-state index in [2.05, 4.69) is 27.8 Å². The van der Waals surface area contributed by atoms with E-state index >= 15 is 0 Å². The fourth-order valence-electron chi connectivity index (χ4n) is 3.82. The highest BCUT2D eigenvalue weighted by molar-refractivity contribution is 9.10. The minimum absolute atomic E-state index is 0.0698. The zero-order chi connectivity index (χ0) is 18.1. The van der Waals surface area contributed by atoms with Crippen LogP contribution in [0, 0.1) is 23.7 Å². The average molecular weight is 417 g/mol. The molecule has 2 atom stereocenters. The highest BCUT2D eigenvalue weighted by atomic mass is 79.9. The van der Waals surface area contributed by atoms with Crippen LogP contribution in [-0.2, 0) is 9.53 Å². The van der Waals surface area contributed by atoms with Gasteiger partial charge in [-0.05, 0) is 34.5 Å². The van der Waals surface area contributed by atoms with Crippen molar-refractivity contribution in [1.29, 1.82) is 0 Å². The molecule has 0 radical (unpaired) electrons. The molecular formula is C20H21BrN2O3. The molecule has 3 aliphatic rings. The molecule has 136 valence electrons. The SMILES string of the molecule is O=C1CO[C@H]2CCN(C(=O)N3CC(C#Cc4ccccc4Br)C3)C[C@H]2C1. The summed E-state index contributed by atoms with van der Waals surface area (Å²) in [5, 5.41) is 0. The van der Waals surface area contributed by atoms with Crippen molar-refractivity contribution in [2.75, 3.05) is 32.8 Å². The lowest BCUT2D eigenvalue weighted by atomic mass is 9.88. The topological polar surface area (TPSA) is 49.9 Å². The third kappa shape index (κ3) is 3.65. The molecule has 3 saturated heterocycles. The predicted octanol–water partition coefficient (Wildman–Crippen LogP) is 2.53. The van der Waals surface area contributed by atoms with Gasteiger partial charge >= 0.3 is 6.03 Å². The van der Waals surface area contributed by atoms with Crippen LogP contribution in [0.25, 0.3) is 0 Å². The number of hydrogen-bond acceptors (Lipinski definition) is 3. The van der Waals surface area contributed by atoms with Crippen molar-refractivity contribution in [3.63, 3.8) is 0 Å². The molecular weight excluding hydrogens is 396 g/mol. The van der Waals surface area contributed by atoms with Gasteiger partial charge in [-0.2, -0.15) is 0 Å². The summed E-state index contributed by atoms with van der Waals surface area (Å²) in [6, 6.07) is 7.96. The van der Waals surface area contributed by atoms with Crippen molar-refractivity contribution in [2.45, 2.75) is 18.9 Å². The van der Waals surface area contributed by atoms with Crippen LogP contribution in [0.2, 0.25) is 0 Å². The number of benzene rings is 1. The van der Waals surface area contributed by atoms with E-state index in [4.69, 9.17) is 4.74 Å². The Labute approximate surface area is 161 Å². The minimum Gasteiger partial charge on any atom is -0.370 e. The standard InChI is InChI=1S/C20H21BrN2O3/c21-18-4-2-1-3-15(18)6-5-14-10-23(11-14)20(25)22-8-7-19-16(12-22)9-17(24)13-26-19/h1-4,14,16,19H,7-13H2/t16-,19+/m1/s1. The summed E-state index contributed by atoms with van der Waals surface area (Å²) in [6.45, 7) is 2.92. The summed E-state index contributed by atoms with van der Waals surface area (Å²) < 4.78 is 6.59. The van der Waals surface area contributed by atoms with Crippen molar-refractivity contribution >= 4 is 27.7 Å². The van der Waals surface area contributed by atoms with Crippen molar-refractivity contribution in [3.05, 3.63) is 34.3 Å². The normalized spacial score (nSPS) is 25.8. The number of likely N-dealkylation sites (tertiary alicyclic amines) is 2. The van der Waals surface area contributed by atoms with Crippen molar-refractivity contribution in [2.24, 2.45) is 11.8 Å². The summed E-state index contributed by atoms with van der Waals surface area (Å²) in [6.07, 6.45) is 1.49. The van der Waals surface area contributed by atoms with Gasteiger partial charge in [0.1, 0.15) is 6.61 Å². The number of rotatable bonds is 0.